The highest BCUT2D eigenvalue weighted by Crippen LogP contribution is 2.44. The molecule has 0 spiro atoms. The van der Waals surface area contributed by atoms with Gasteiger partial charge in [0.15, 0.2) is 11.4 Å². The summed E-state index contributed by atoms with van der Waals surface area (Å²) in [7, 11) is 0. The first-order valence-electron chi connectivity index (χ1n) is 16.6. The molecule has 0 amide bonds. The van der Waals surface area contributed by atoms with Crippen molar-refractivity contribution in [2.24, 2.45) is 0 Å². The molecule has 0 aliphatic heterocycles. The van der Waals surface area contributed by atoms with Crippen LogP contribution in [0.2, 0.25) is 0 Å². The van der Waals surface area contributed by atoms with Crippen LogP contribution < -0.4 is 0 Å². The summed E-state index contributed by atoms with van der Waals surface area (Å²) in [5.41, 5.74) is 11.7. The highest BCUT2D eigenvalue weighted by Gasteiger charge is 2.20. The lowest BCUT2D eigenvalue weighted by Gasteiger charge is -2.10. The van der Waals surface area contributed by atoms with E-state index in [9.17, 15) is 0 Å². The van der Waals surface area contributed by atoms with E-state index in [1.54, 1.807) is 11.3 Å². The van der Waals surface area contributed by atoms with E-state index in [0.29, 0.717) is 5.82 Å². The molecule has 234 valence electrons. The second-order valence-corrected chi connectivity index (χ2v) is 13.4. The highest BCUT2D eigenvalue weighted by molar-refractivity contribution is 7.26. The summed E-state index contributed by atoms with van der Waals surface area (Å²) in [5, 5.41) is 3.43. The molecule has 0 atom stereocenters. The van der Waals surface area contributed by atoms with Gasteiger partial charge in [0.05, 0.1) is 21.6 Å². The summed E-state index contributed by atoms with van der Waals surface area (Å²) in [5.74, 6) is 0.711. The molecule has 0 unspecified atom stereocenters. The van der Waals surface area contributed by atoms with Gasteiger partial charge in [-0.2, -0.15) is 0 Å². The van der Waals surface area contributed by atoms with Crippen molar-refractivity contribution < 1.29 is 4.42 Å². The van der Waals surface area contributed by atoms with Crippen molar-refractivity contribution in [3.05, 3.63) is 164 Å². The Morgan fingerprint density at radius 1 is 0.440 bits per heavy atom. The fourth-order valence-electron chi connectivity index (χ4n) is 6.83. The maximum absolute atomic E-state index is 6.52. The number of furan rings is 1. The molecule has 10 aromatic rings. The first-order valence-corrected chi connectivity index (χ1v) is 17.4. The molecule has 0 saturated heterocycles. The summed E-state index contributed by atoms with van der Waals surface area (Å²) in [4.78, 5) is 15.2. The third-order valence-corrected chi connectivity index (χ3v) is 10.5. The van der Waals surface area contributed by atoms with Crippen LogP contribution in [0.1, 0.15) is 0 Å². The van der Waals surface area contributed by atoms with Crippen LogP contribution in [0, 0.1) is 0 Å². The zero-order chi connectivity index (χ0) is 33.0. The van der Waals surface area contributed by atoms with Crippen molar-refractivity contribution in [1.82, 2.24) is 15.0 Å². The second-order valence-electron chi connectivity index (χ2n) is 12.4. The number of para-hydroxylation sites is 1. The lowest BCUT2D eigenvalue weighted by atomic mass is 9.99. The zero-order valence-corrected chi connectivity index (χ0v) is 27.6. The Hall–Kier alpha value is -6.43. The largest absolute Gasteiger partial charge is 0.454 e. The van der Waals surface area contributed by atoms with Gasteiger partial charge in [0.25, 0.3) is 0 Å². The van der Waals surface area contributed by atoms with E-state index >= 15 is 0 Å². The van der Waals surface area contributed by atoms with Crippen LogP contribution in [0.15, 0.2) is 168 Å². The Bertz CT molecular complexity index is 2780. The van der Waals surface area contributed by atoms with Crippen LogP contribution in [0.3, 0.4) is 0 Å². The van der Waals surface area contributed by atoms with Crippen LogP contribution in [0.4, 0.5) is 0 Å². The molecular weight excluding hydrogens is 631 g/mol. The average Bonchev–Trinajstić information content (AvgIpc) is 3.77. The van der Waals surface area contributed by atoms with Gasteiger partial charge >= 0.3 is 0 Å². The van der Waals surface area contributed by atoms with Gasteiger partial charge in [0.1, 0.15) is 11.3 Å². The number of hydrogen-bond acceptors (Lipinski definition) is 5. The fraction of sp³-hybridized carbons (Fsp3) is 0. The summed E-state index contributed by atoms with van der Waals surface area (Å²) in [6.07, 6.45) is 0. The molecule has 0 bridgehead atoms. The van der Waals surface area contributed by atoms with E-state index in [4.69, 9.17) is 19.4 Å². The van der Waals surface area contributed by atoms with Gasteiger partial charge in [0, 0.05) is 43.1 Å². The predicted molar refractivity (Wildman–Crippen MR) is 207 cm³/mol. The maximum atomic E-state index is 6.52. The lowest BCUT2D eigenvalue weighted by molar-refractivity contribution is 0.669. The van der Waals surface area contributed by atoms with Crippen molar-refractivity contribution in [2.45, 2.75) is 0 Å². The molecule has 50 heavy (non-hydrogen) atoms. The third-order valence-electron chi connectivity index (χ3n) is 9.33. The van der Waals surface area contributed by atoms with Gasteiger partial charge < -0.3 is 4.42 Å². The monoisotopic (exact) mass is 657 g/mol. The van der Waals surface area contributed by atoms with Crippen LogP contribution in [-0.2, 0) is 0 Å². The molecule has 0 aliphatic rings. The van der Waals surface area contributed by atoms with Crippen LogP contribution >= 0.6 is 11.3 Å². The molecule has 4 aromatic heterocycles. The van der Waals surface area contributed by atoms with Crippen molar-refractivity contribution in [2.75, 3.05) is 0 Å². The Morgan fingerprint density at radius 2 is 0.980 bits per heavy atom. The third kappa shape index (κ3) is 4.79. The molecule has 0 saturated carbocycles. The summed E-state index contributed by atoms with van der Waals surface area (Å²) in [6, 6.07) is 56.6. The standard InChI is InChI=1S/C45H27N3OS/c1-3-11-30(12-4-1)36-27-37(47-45(46-36)33-13-5-2-6-14-33)31-23-19-28(20-24-31)29-21-25-32(26-22-29)41-43-40(34-15-7-9-17-38(34)49-43)44-42(48-41)35-16-8-10-18-39(35)50-44/h1-27H. The molecule has 0 fully saturated rings. The minimum Gasteiger partial charge on any atom is -0.454 e. The second kappa shape index (κ2) is 11.6. The summed E-state index contributed by atoms with van der Waals surface area (Å²) >= 11 is 1.78. The Morgan fingerprint density at radius 3 is 1.68 bits per heavy atom. The van der Waals surface area contributed by atoms with E-state index in [1.165, 1.54) is 14.8 Å². The topological polar surface area (TPSA) is 51.8 Å². The Kier molecular flexibility index (Phi) is 6.64. The SMILES string of the molecule is c1ccc(-c2cc(-c3ccc(-c4ccc(-c5nc6c7ccccc7sc6c6c5oc5ccccc56)cc4)cc3)nc(-c3ccccc3)n2)cc1. The van der Waals surface area contributed by atoms with E-state index in [1.807, 2.05) is 48.5 Å². The van der Waals surface area contributed by atoms with Crippen molar-refractivity contribution in [3.63, 3.8) is 0 Å². The lowest BCUT2D eigenvalue weighted by Crippen LogP contribution is -1.95. The molecule has 6 aromatic carbocycles. The normalized spacial score (nSPS) is 11.6. The number of hydrogen-bond donors (Lipinski definition) is 0. The predicted octanol–water partition coefficient (Wildman–Crippen LogP) is 12.5. The smallest absolute Gasteiger partial charge is 0.163 e. The van der Waals surface area contributed by atoms with E-state index in [-0.39, 0.29) is 0 Å². The summed E-state index contributed by atoms with van der Waals surface area (Å²) < 4.78 is 8.92. The maximum Gasteiger partial charge on any atom is 0.163 e. The van der Waals surface area contributed by atoms with Crippen molar-refractivity contribution in [1.29, 1.82) is 0 Å². The van der Waals surface area contributed by atoms with Crippen molar-refractivity contribution in [3.8, 4) is 56.3 Å². The van der Waals surface area contributed by atoms with Gasteiger partial charge in [-0.25, -0.2) is 15.0 Å². The van der Waals surface area contributed by atoms with Gasteiger partial charge in [-0.1, -0.05) is 146 Å². The Labute approximate surface area is 292 Å². The minimum atomic E-state index is 0.711. The van der Waals surface area contributed by atoms with Crippen LogP contribution in [0.25, 0.3) is 98.5 Å². The number of aromatic nitrogens is 3. The van der Waals surface area contributed by atoms with Crippen molar-refractivity contribution >= 4 is 53.6 Å². The Balaban J connectivity index is 1.03. The van der Waals surface area contributed by atoms with E-state index < -0.39 is 0 Å². The molecule has 4 heterocycles. The van der Waals surface area contributed by atoms with Gasteiger partial charge in [-0.05, 0) is 29.3 Å². The first-order chi connectivity index (χ1) is 24.8. The minimum absolute atomic E-state index is 0.711. The average molecular weight is 658 g/mol. The number of benzene rings is 6. The molecule has 0 aliphatic carbocycles. The number of rotatable bonds is 5. The fourth-order valence-corrected chi connectivity index (χ4v) is 8.03. The molecule has 4 nitrogen and oxygen atoms in total. The number of thiophene rings is 1. The quantitative estimate of drug-likeness (QED) is 0.185. The molecule has 0 N–H and O–H groups in total. The zero-order valence-electron chi connectivity index (χ0n) is 26.7. The number of nitrogens with zero attached hydrogens (tertiary/aromatic N) is 3. The van der Waals surface area contributed by atoms with E-state index in [0.717, 1.165) is 77.9 Å². The highest BCUT2D eigenvalue weighted by atomic mass is 32.1. The van der Waals surface area contributed by atoms with Crippen LogP contribution in [-0.4, -0.2) is 15.0 Å². The van der Waals surface area contributed by atoms with Gasteiger partial charge in [-0.15, -0.1) is 11.3 Å². The number of pyridine rings is 1. The van der Waals surface area contributed by atoms with E-state index in [2.05, 4.69) is 115 Å². The molecule has 5 heteroatoms. The first kappa shape index (κ1) is 28.6. The summed E-state index contributed by atoms with van der Waals surface area (Å²) in [6.45, 7) is 0. The molecule has 10 rings (SSSR count). The van der Waals surface area contributed by atoms with Crippen LogP contribution in [0.5, 0.6) is 0 Å². The van der Waals surface area contributed by atoms with Gasteiger partial charge in [-0.3, -0.25) is 0 Å². The van der Waals surface area contributed by atoms with Gasteiger partial charge in [0.2, 0.25) is 0 Å². The number of fused-ring (bicyclic) bond motifs is 7. The molecule has 0 radical (unpaired) electrons. The molecular formula is C45H27N3OS.